The average molecular weight is 196 g/mol. The number of hydrogen-bond acceptors (Lipinski definition) is 2. The summed E-state index contributed by atoms with van der Waals surface area (Å²) in [6.45, 7) is 0.855. The van der Waals surface area contributed by atoms with E-state index in [1.807, 2.05) is 0 Å². The van der Waals surface area contributed by atoms with Crippen LogP contribution in [-0.2, 0) is 9.47 Å². The van der Waals surface area contributed by atoms with Gasteiger partial charge in [0.1, 0.15) is 0 Å². The van der Waals surface area contributed by atoms with E-state index in [0.717, 1.165) is 18.9 Å². The lowest BCUT2D eigenvalue weighted by atomic mass is 9.82. The van der Waals surface area contributed by atoms with Gasteiger partial charge < -0.3 is 9.47 Å². The highest BCUT2D eigenvalue weighted by Crippen LogP contribution is 2.37. The lowest BCUT2D eigenvalue weighted by Gasteiger charge is -2.35. The van der Waals surface area contributed by atoms with Gasteiger partial charge in [-0.3, -0.25) is 0 Å². The molecule has 0 unspecified atom stereocenters. The Kier molecular flexibility index (Phi) is 2.50. The fourth-order valence-corrected chi connectivity index (χ4v) is 3.30. The second-order valence-electron chi connectivity index (χ2n) is 5.12. The topological polar surface area (TPSA) is 18.5 Å². The number of ether oxygens (including phenoxy) is 2. The molecule has 0 amide bonds. The third-order valence-electron chi connectivity index (χ3n) is 4.08. The van der Waals surface area contributed by atoms with Crippen LogP contribution in [0.4, 0.5) is 0 Å². The highest BCUT2D eigenvalue weighted by molar-refractivity contribution is 4.87. The first-order chi connectivity index (χ1) is 6.92. The zero-order valence-electron chi connectivity index (χ0n) is 8.78. The van der Waals surface area contributed by atoms with Crippen molar-refractivity contribution < 1.29 is 9.47 Å². The molecule has 80 valence electrons. The van der Waals surface area contributed by atoms with Crippen molar-refractivity contribution in [3.8, 4) is 0 Å². The van der Waals surface area contributed by atoms with Gasteiger partial charge >= 0.3 is 0 Å². The van der Waals surface area contributed by atoms with Crippen LogP contribution in [0.25, 0.3) is 0 Å². The Labute approximate surface area is 86.0 Å². The van der Waals surface area contributed by atoms with E-state index in [4.69, 9.17) is 9.47 Å². The summed E-state index contributed by atoms with van der Waals surface area (Å²) in [5, 5.41) is 0. The van der Waals surface area contributed by atoms with Gasteiger partial charge in [-0.25, -0.2) is 0 Å². The second-order valence-corrected chi connectivity index (χ2v) is 5.12. The van der Waals surface area contributed by atoms with Crippen LogP contribution in [-0.4, -0.2) is 24.9 Å². The maximum absolute atomic E-state index is 6.09. The maximum Gasteiger partial charge on any atom is 0.0837 e. The van der Waals surface area contributed by atoms with Crippen molar-refractivity contribution in [2.75, 3.05) is 6.61 Å². The van der Waals surface area contributed by atoms with Gasteiger partial charge in [0.25, 0.3) is 0 Å². The molecule has 3 atom stereocenters. The molecular weight excluding hydrogens is 176 g/mol. The molecule has 2 bridgehead atoms. The van der Waals surface area contributed by atoms with Crippen molar-refractivity contribution in [3.05, 3.63) is 0 Å². The van der Waals surface area contributed by atoms with Crippen molar-refractivity contribution in [2.24, 2.45) is 5.92 Å². The molecule has 3 rings (SSSR count). The molecule has 14 heavy (non-hydrogen) atoms. The molecule has 3 fully saturated rings. The fourth-order valence-electron chi connectivity index (χ4n) is 3.30. The van der Waals surface area contributed by atoms with Gasteiger partial charge in [-0.2, -0.15) is 0 Å². The Morgan fingerprint density at radius 1 is 0.857 bits per heavy atom. The predicted molar refractivity (Wildman–Crippen MR) is 54.2 cm³/mol. The van der Waals surface area contributed by atoms with Gasteiger partial charge in [0.15, 0.2) is 0 Å². The first-order valence-corrected chi connectivity index (χ1v) is 6.19. The SMILES string of the molecule is C1CCC([C@@H]2C[C@@H]3C[C@@H](CO3)O2)CC1. The fraction of sp³-hybridized carbons (Fsp3) is 1.00. The normalized spacial score (nSPS) is 44.1. The van der Waals surface area contributed by atoms with Crippen LogP contribution in [0.2, 0.25) is 0 Å². The molecule has 0 aromatic heterocycles. The van der Waals surface area contributed by atoms with E-state index < -0.39 is 0 Å². The predicted octanol–water partition coefficient (Wildman–Crippen LogP) is 2.51. The van der Waals surface area contributed by atoms with Crippen LogP contribution in [0.1, 0.15) is 44.9 Å². The summed E-state index contributed by atoms with van der Waals surface area (Å²) in [5.41, 5.74) is 0. The van der Waals surface area contributed by atoms with Gasteiger partial charge in [0.05, 0.1) is 24.9 Å². The van der Waals surface area contributed by atoms with Crippen LogP contribution in [0.15, 0.2) is 0 Å². The summed E-state index contributed by atoms with van der Waals surface area (Å²) in [4.78, 5) is 0. The highest BCUT2D eigenvalue weighted by Gasteiger charge is 2.39. The number of rotatable bonds is 1. The quantitative estimate of drug-likeness (QED) is 0.641. The molecule has 2 heterocycles. The smallest absolute Gasteiger partial charge is 0.0837 e. The minimum Gasteiger partial charge on any atom is -0.375 e. The first kappa shape index (κ1) is 9.17. The summed E-state index contributed by atoms with van der Waals surface area (Å²) in [5.74, 6) is 0.843. The third-order valence-corrected chi connectivity index (χ3v) is 4.08. The molecule has 2 heteroatoms. The van der Waals surface area contributed by atoms with Gasteiger partial charge in [-0.1, -0.05) is 19.3 Å². The van der Waals surface area contributed by atoms with E-state index in [2.05, 4.69) is 0 Å². The van der Waals surface area contributed by atoms with E-state index >= 15 is 0 Å². The molecule has 0 aromatic carbocycles. The standard InChI is InChI=1S/C12H20O2/c1-2-4-9(5-3-1)12-7-10-6-11(14-12)8-13-10/h9-12H,1-8H2/t10-,11-,12-/m0/s1. The lowest BCUT2D eigenvalue weighted by molar-refractivity contribution is -0.0674. The van der Waals surface area contributed by atoms with E-state index in [0.29, 0.717) is 18.3 Å². The lowest BCUT2D eigenvalue weighted by Crippen LogP contribution is -2.36. The molecule has 1 saturated carbocycles. The molecule has 0 N–H and O–H groups in total. The molecule has 2 aliphatic heterocycles. The van der Waals surface area contributed by atoms with Crippen LogP contribution >= 0.6 is 0 Å². The van der Waals surface area contributed by atoms with Crippen LogP contribution in [0.5, 0.6) is 0 Å². The molecule has 1 aliphatic carbocycles. The third kappa shape index (κ3) is 1.70. The largest absolute Gasteiger partial charge is 0.375 e. The van der Waals surface area contributed by atoms with E-state index in [1.165, 1.54) is 38.5 Å². The average Bonchev–Trinajstić information content (AvgIpc) is 2.59. The maximum atomic E-state index is 6.09. The summed E-state index contributed by atoms with van der Waals surface area (Å²) in [6, 6.07) is 0. The summed E-state index contributed by atoms with van der Waals surface area (Å²) in [6.07, 6.45) is 10.9. The van der Waals surface area contributed by atoms with Gasteiger partial charge in [-0.05, 0) is 18.8 Å². The minimum atomic E-state index is 0.431. The Balaban J connectivity index is 1.61. The Hall–Kier alpha value is -0.0800. The van der Waals surface area contributed by atoms with E-state index in [1.54, 1.807) is 0 Å². The molecule has 0 spiro atoms. The highest BCUT2D eigenvalue weighted by atomic mass is 16.6. The van der Waals surface area contributed by atoms with E-state index in [9.17, 15) is 0 Å². The zero-order valence-corrected chi connectivity index (χ0v) is 8.78. The molecule has 0 radical (unpaired) electrons. The van der Waals surface area contributed by atoms with Crippen molar-refractivity contribution in [3.63, 3.8) is 0 Å². The number of hydrogen-bond donors (Lipinski definition) is 0. The van der Waals surface area contributed by atoms with E-state index in [-0.39, 0.29) is 0 Å². The van der Waals surface area contributed by atoms with Crippen LogP contribution in [0, 0.1) is 5.92 Å². The molecule has 2 nitrogen and oxygen atoms in total. The monoisotopic (exact) mass is 196 g/mol. The van der Waals surface area contributed by atoms with Gasteiger partial charge in [-0.15, -0.1) is 0 Å². The van der Waals surface area contributed by atoms with Gasteiger partial charge in [0, 0.05) is 12.8 Å². The second kappa shape index (κ2) is 3.82. The molecule has 3 aliphatic rings. The number of fused-ring (bicyclic) bond motifs is 2. The molecule has 2 saturated heterocycles. The first-order valence-electron chi connectivity index (χ1n) is 6.19. The molecular formula is C12H20O2. The van der Waals surface area contributed by atoms with Crippen LogP contribution < -0.4 is 0 Å². The summed E-state index contributed by atoms with van der Waals surface area (Å²) >= 11 is 0. The van der Waals surface area contributed by atoms with Crippen molar-refractivity contribution in [2.45, 2.75) is 63.3 Å². The van der Waals surface area contributed by atoms with Crippen molar-refractivity contribution in [1.82, 2.24) is 0 Å². The minimum absolute atomic E-state index is 0.431. The Morgan fingerprint density at radius 3 is 2.50 bits per heavy atom. The van der Waals surface area contributed by atoms with Gasteiger partial charge in [0.2, 0.25) is 0 Å². The zero-order chi connectivity index (χ0) is 9.38. The summed E-state index contributed by atoms with van der Waals surface area (Å²) < 4.78 is 11.8. The molecule has 0 aromatic rings. The summed E-state index contributed by atoms with van der Waals surface area (Å²) in [7, 11) is 0. The Bertz CT molecular complexity index is 186. The van der Waals surface area contributed by atoms with Crippen LogP contribution in [0.3, 0.4) is 0 Å². The van der Waals surface area contributed by atoms with Crippen molar-refractivity contribution in [1.29, 1.82) is 0 Å². The van der Waals surface area contributed by atoms with Crippen molar-refractivity contribution >= 4 is 0 Å². The Morgan fingerprint density at radius 2 is 1.71 bits per heavy atom.